The molecule has 0 saturated carbocycles. The summed E-state index contributed by atoms with van der Waals surface area (Å²) in [6, 6.07) is 16.1. The molecule has 2 N–H and O–H groups in total. The van der Waals surface area contributed by atoms with Gasteiger partial charge in [-0.05, 0) is 56.2 Å². The van der Waals surface area contributed by atoms with Crippen LogP contribution in [0.5, 0.6) is 0 Å². The van der Waals surface area contributed by atoms with Gasteiger partial charge in [0.15, 0.2) is 5.79 Å². The Morgan fingerprint density at radius 2 is 1.78 bits per heavy atom. The van der Waals surface area contributed by atoms with E-state index in [4.69, 9.17) is 9.47 Å². The summed E-state index contributed by atoms with van der Waals surface area (Å²) in [6.07, 6.45) is 1.94. The summed E-state index contributed by atoms with van der Waals surface area (Å²) in [5, 5.41) is 4.18. The van der Waals surface area contributed by atoms with Crippen molar-refractivity contribution < 1.29 is 14.3 Å². The Kier molecular flexibility index (Phi) is 4.29. The van der Waals surface area contributed by atoms with Gasteiger partial charge in [0.25, 0.3) is 0 Å². The molecule has 1 aliphatic heterocycles. The van der Waals surface area contributed by atoms with E-state index in [0.717, 1.165) is 27.7 Å². The Morgan fingerprint density at radius 1 is 1.04 bits per heavy atom. The third kappa shape index (κ3) is 3.48. The van der Waals surface area contributed by atoms with Gasteiger partial charge in [-0.25, -0.2) is 0 Å². The smallest absolute Gasteiger partial charge is 0.234 e. The lowest BCUT2D eigenvalue weighted by Crippen LogP contribution is -2.50. The summed E-state index contributed by atoms with van der Waals surface area (Å²) in [6.45, 7) is 6.23. The van der Waals surface area contributed by atoms with Crippen LogP contribution in [0.4, 0.5) is 5.69 Å². The average molecular weight is 364 g/mol. The molecule has 0 atom stereocenters. The van der Waals surface area contributed by atoms with E-state index in [1.54, 1.807) is 0 Å². The number of aromatic amines is 1. The van der Waals surface area contributed by atoms with Crippen molar-refractivity contribution in [3.63, 3.8) is 0 Å². The van der Waals surface area contributed by atoms with Gasteiger partial charge in [0.1, 0.15) is 0 Å². The molecule has 4 rings (SSSR count). The number of aromatic nitrogens is 1. The second-order valence-corrected chi connectivity index (χ2v) is 7.82. The largest absolute Gasteiger partial charge is 0.361 e. The number of anilines is 1. The van der Waals surface area contributed by atoms with Gasteiger partial charge >= 0.3 is 0 Å². The van der Waals surface area contributed by atoms with Gasteiger partial charge in [-0.3, -0.25) is 4.79 Å². The molecular formula is C22H24N2O3. The molecule has 0 aliphatic carbocycles. The van der Waals surface area contributed by atoms with Crippen LogP contribution in [0.25, 0.3) is 22.0 Å². The molecule has 5 nitrogen and oxygen atoms in total. The first-order valence-corrected chi connectivity index (χ1v) is 9.12. The molecule has 140 valence electrons. The summed E-state index contributed by atoms with van der Waals surface area (Å²) in [7, 11) is 0. The molecule has 2 heterocycles. The maximum atomic E-state index is 12.8. The first-order valence-electron chi connectivity index (χ1n) is 9.12. The lowest BCUT2D eigenvalue weighted by Gasteiger charge is -2.40. The fourth-order valence-electron chi connectivity index (χ4n) is 3.26. The van der Waals surface area contributed by atoms with Crippen LogP contribution in [0.2, 0.25) is 0 Å². The first kappa shape index (κ1) is 17.8. The molecule has 0 radical (unpaired) electrons. The highest BCUT2D eigenvalue weighted by Gasteiger charge is 2.42. The molecule has 5 heteroatoms. The standard InChI is InChI=1S/C22H24N2O3/c1-21(2)26-13-22(3,14-27-21)20(25)24-16-7-4-6-15(12-16)17-8-5-9-19-18(17)10-11-23-19/h4-12,23H,13-14H2,1-3H3,(H,24,25). The van der Waals surface area contributed by atoms with Crippen molar-refractivity contribution in [1.82, 2.24) is 4.98 Å². The number of benzene rings is 2. The van der Waals surface area contributed by atoms with Crippen LogP contribution < -0.4 is 5.32 Å². The van der Waals surface area contributed by atoms with Gasteiger partial charge < -0.3 is 19.8 Å². The molecule has 0 bridgehead atoms. The van der Waals surface area contributed by atoms with Crippen molar-refractivity contribution >= 4 is 22.5 Å². The van der Waals surface area contributed by atoms with Gasteiger partial charge in [-0.1, -0.05) is 24.3 Å². The number of H-pyrrole nitrogens is 1. The zero-order valence-electron chi connectivity index (χ0n) is 15.8. The van der Waals surface area contributed by atoms with Crippen LogP contribution in [-0.2, 0) is 14.3 Å². The van der Waals surface area contributed by atoms with E-state index in [1.165, 1.54) is 0 Å². The van der Waals surface area contributed by atoms with Gasteiger partial charge in [-0.2, -0.15) is 0 Å². The van der Waals surface area contributed by atoms with Crippen molar-refractivity contribution in [2.24, 2.45) is 5.41 Å². The molecule has 3 aromatic rings. The van der Waals surface area contributed by atoms with Gasteiger partial charge in [0, 0.05) is 22.8 Å². The summed E-state index contributed by atoms with van der Waals surface area (Å²) in [5.41, 5.74) is 3.32. The van der Waals surface area contributed by atoms with E-state index in [0.29, 0.717) is 13.2 Å². The third-order valence-electron chi connectivity index (χ3n) is 5.05. The molecule has 1 saturated heterocycles. The molecule has 0 unspecified atom stereocenters. The number of carbonyl (C=O) groups is 1. The van der Waals surface area contributed by atoms with Crippen LogP contribution in [0, 0.1) is 5.41 Å². The monoisotopic (exact) mass is 364 g/mol. The normalized spacial score (nSPS) is 18.3. The minimum atomic E-state index is -0.716. The number of carbonyl (C=O) groups excluding carboxylic acids is 1. The van der Waals surface area contributed by atoms with Crippen LogP contribution in [0.1, 0.15) is 20.8 Å². The topological polar surface area (TPSA) is 63.3 Å². The molecule has 0 spiro atoms. The zero-order chi connectivity index (χ0) is 19.1. The van der Waals surface area contributed by atoms with Crippen molar-refractivity contribution in [2.45, 2.75) is 26.6 Å². The fourth-order valence-corrected chi connectivity index (χ4v) is 3.26. The minimum Gasteiger partial charge on any atom is -0.361 e. The molecule has 1 fully saturated rings. The predicted octanol–water partition coefficient (Wildman–Crippen LogP) is 4.56. The van der Waals surface area contributed by atoms with E-state index in [1.807, 2.05) is 51.2 Å². The van der Waals surface area contributed by atoms with Crippen LogP contribution in [0.15, 0.2) is 54.7 Å². The molecule has 1 aliphatic rings. The lowest BCUT2D eigenvalue weighted by atomic mass is 9.90. The summed E-state index contributed by atoms with van der Waals surface area (Å²) >= 11 is 0. The van der Waals surface area contributed by atoms with Gasteiger partial charge in [0.2, 0.25) is 5.91 Å². The zero-order valence-corrected chi connectivity index (χ0v) is 15.8. The Morgan fingerprint density at radius 3 is 2.56 bits per heavy atom. The molecular weight excluding hydrogens is 340 g/mol. The number of hydrogen-bond donors (Lipinski definition) is 2. The van der Waals surface area contributed by atoms with Crippen molar-refractivity contribution in [1.29, 1.82) is 0 Å². The Bertz CT molecular complexity index is 980. The van der Waals surface area contributed by atoms with Crippen molar-refractivity contribution in [2.75, 3.05) is 18.5 Å². The number of nitrogens with one attached hydrogen (secondary N) is 2. The lowest BCUT2D eigenvalue weighted by molar-refractivity contribution is -0.276. The van der Waals surface area contributed by atoms with E-state index >= 15 is 0 Å². The maximum Gasteiger partial charge on any atom is 0.234 e. The van der Waals surface area contributed by atoms with Gasteiger partial charge in [-0.15, -0.1) is 0 Å². The fraction of sp³-hybridized carbons (Fsp3) is 0.318. The Balaban J connectivity index is 1.57. The molecule has 1 aromatic heterocycles. The van der Waals surface area contributed by atoms with Crippen LogP contribution in [-0.4, -0.2) is 29.9 Å². The quantitative estimate of drug-likeness (QED) is 0.716. The van der Waals surface area contributed by atoms with Crippen molar-refractivity contribution in [3.8, 4) is 11.1 Å². The minimum absolute atomic E-state index is 0.102. The summed E-state index contributed by atoms with van der Waals surface area (Å²) in [5.74, 6) is -0.746. The number of amides is 1. The number of hydrogen-bond acceptors (Lipinski definition) is 3. The molecule has 1 amide bonds. The molecule has 2 aromatic carbocycles. The third-order valence-corrected chi connectivity index (χ3v) is 5.05. The van der Waals surface area contributed by atoms with Crippen LogP contribution >= 0.6 is 0 Å². The maximum absolute atomic E-state index is 12.8. The number of ether oxygens (including phenoxy) is 2. The van der Waals surface area contributed by atoms with Crippen molar-refractivity contribution in [3.05, 3.63) is 54.7 Å². The Labute approximate surface area is 158 Å². The Hall–Kier alpha value is -2.63. The summed E-state index contributed by atoms with van der Waals surface area (Å²) < 4.78 is 11.4. The predicted molar refractivity (Wildman–Crippen MR) is 106 cm³/mol. The second kappa shape index (κ2) is 6.51. The van der Waals surface area contributed by atoms with E-state index in [-0.39, 0.29) is 5.91 Å². The van der Waals surface area contributed by atoms with E-state index in [2.05, 4.69) is 34.6 Å². The first-order chi connectivity index (χ1) is 12.9. The average Bonchev–Trinajstić information content (AvgIpc) is 3.13. The molecule has 27 heavy (non-hydrogen) atoms. The van der Waals surface area contributed by atoms with E-state index < -0.39 is 11.2 Å². The van der Waals surface area contributed by atoms with Gasteiger partial charge in [0.05, 0.1) is 18.6 Å². The highest BCUT2D eigenvalue weighted by atomic mass is 16.7. The highest BCUT2D eigenvalue weighted by molar-refractivity contribution is 5.98. The number of rotatable bonds is 3. The van der Waals surface area contributed by atoms with Crippen LogP contribution in [0.3, 0.4) is 0 Å². The second-order valence-electron chi connectivity index (χ2n) is 7.82. The number of fused-ring (bicyclic) bond motifs is 1. The summed E-state index contributed by atoms with van der Waals surface area (Å²) in [4.78, 5) is 16.1. The SMILES string of the molecule is CC1(C)OCC(C)(C(=O)Nc2cccc(-c3cccc4[nH]ccc34)c2)CO1. The highest BCUT2D eigenvalue weighted by Crippen LogP contribution is 2.32. The van der Waals surface area contributed by atoms with E-state index in [9.17, 15) is 4.79 Å².